The van der Waals surface area contributed by atoms with E-state index in [2.05, 4.69) is 0 Å². The number of hydrogen-bond donors (Lipinski definition) is 2. The number of hydrogen-bond acceptors (Lipinski definition) is 3. The van der Waals surface area contributed by atoms with Crippen molar-refractivity contribution in [3.8, 4) is 0 Å². The number of nitrogens with zero attached hydrogens (tertiary/aromatic N) is 1. The summed E-state index contributed by atoms with van der Waals surface area (Å²) in [5, 5.41) is 18.4. The molecule has 1 aromatic carbocycles. The van der Waals surface area contributed by atoms with Crippen molar-refractivity contribution in [3.63, 3.8) is 0 Å². The molecule has 2 unspecified atom stereocenters. The highest BCUT2D eigenvalue weighted by molar-refractivity contribution is 5.97. The molecule has 5 nitrogen and oxygen atoms in total. The Hall–Kier alpha value is -1.88. The molecule has 1 fully saturated rings. The van der Waals surface area contributed by atoms with Gasteiger partial charge in [0.25, 0.3) is 5.91 Å². The summed E-state index contributed by atoms with van der Waals surface area (Å²) in [5.74, 6) is -1.43. The van der Waals surface area contributed by atoms with Gasteiger partial charge >= 0.3 is 5.97 Å². The number of likely N-dealkylation sites (tertiary alicyclic amines) is 1. The molecule has 2 rings (SSSR count). The predicted molar refractivity (Wildman–Crippen MR) is 59.5 cm³/mol. The molecule has 1 aliphatic rings. The van der Waals surface area contributed by atoms with Gasteiger partial charge in [-0.3, -0.25) is 4.79 Å². The second kappa shape index (κ2) is 4.55. The second-order valence-corrected chi connectivity index (χ2v) is 4.07. The number of carbonyl (C=O) groups is 2. The molecule has 0 spiro atoms. The van der Waals surface area contributed by atoms with Crippen LogP contribution in [-0.4, -0.2) is 45.7 Å². The molecule has 1 heterocycles. The van der Waals surface area contributed by atoms with E-state index in [0.29, 0.717) is 5.56 Å². The number of carbonyl (C=O) groups excluding carboxylic acids is 1. The Bertz CT molecular complexity index is 431. The van der Waals surface area contributed by atoms with Crippen LogP contribution in [-0.2, 0) is 4.79 Å². The smallest absolute Gasteiger partial charge is 0.326 e. The molecule has 0 bridgehead atoms. The highest BCUT2D eigenvalue weighted by atomic mass is 16.4. The van der Waals surface area contributed by atoms with Crippen molar-refractivity contribution in [1.29, 1.82) is 0 Å². The second-order valence-electron chi connectivity index (χ2n) is 4.07. The van der Waals surface area contributed by atoms with Gasteiger partial charge in [0.1, 0.15) is 6.04 Å². The first-order valence-electron chi connectivity index (χ1n) is 5.36. The van der Waals surface area contributed by atoms with Crippen molar-refractivity contribution in [3.05, 3.63) is 35.9 Å². The average Bonchev–Trinajstić information content (AvgIpc) is 2.72. The van der Waals surface area contributed by atoms with Crippen molar-refractivity contribution >= 4 is 11.9 Å². The lowest BCUT2D eigenvalue weighted by Gasteiger charge is -2.21. The standard InChI is InChI=1S/C12H13NO4/c14-9-6-10(12(16)17)13(7-9)11(15)8-4-2-1-3-5-8/h1-5,9-10,14H,6-7H2,(H,16,17). The van der Waals surface area contributed by atoms with Gasteiger partial charge in [0, 0.05) is 18.5 Å². The monoisotopic (exact) mass is 235 g/mol. The SMILES string of the molecule is O=C(O)C1CC(O)CN1C(=O)c1ccccc1. The molecule has 17 heavy (non-hydrogen) atoms. The van der Waals surface area contributed by atoms with E-state index in [1.54, 1.807) is 30.3 Å². The van der Waals surface area contributed by atoms with Crippen LogP contribution in [0, 0.1) is 0 Å². The fourth-order valence-electron chi connectivity index (χ4n) is 2.02. The molecule has 2 N–H and O–H groups in total. The molecule has 1 aromatic rings. The largest absolute Gasteiger partial charge is 0.480 e. The van der Waals surface area contributed by atoms with E-state index in [4.69, 9.17) is 5.11 Å². The Labute approximate surface area is 98.3 Å². The number of β-amino-alcohol motifs (C(OH)–C–C–N with tert-alkyl or cyclic N) is 1. The zero-order valence-corrected chi connectivity index (χ0v) is 9.11. The summed E-state index contributed by atoms with van der Waals surface area (Å²) >= 11 is 0. The van der Waals surface area contributed by atoms with Crippen LogP contribution in [0.25, 0.3) is 0 Å². The number of aliphatic hydroxyl groups is 1. The topological polar surface area (TPSA) is 77.8 Å². The Balaban J connectivity index is 2.22. The number of aliphatic carboxylic acids is 1. The summed E-state index contributed by atoms with van der Waals surface area (Å²) in [6.45, 7) is 0.0741. The summed E-state index contributed by atoms with van der Waals surface area (Å²) < 4.78 is 0. The normalized spacial score (nSPS) is 23.7. The number of amides is 1. The quantitative estimate of drug-likeness (QED) is 0.775. The van der Waals surface area contributed by atoms with Crippen LogP contribution >= 0.6 is 0 Å². The van der Waals surface area contributed by atoms with E-state index in [1.807, 2.05) is 0 Å². The van der Waals surface area contributed by atoms with Crippen LogP contribution in [0.3, 0.4) is 0 Å². The van der Waals surface area contributed by atoms with Gasteiger partial charge in [-0.2, -0.15) is 0 Å². The van der Waals surface area contributed by atoms with E-state index in [0.717, 1.165) is 0 Å². The number of rotatable bonds is 2. The van der Waals surface area contributed by atoms with Gasteiger partial charge in [0.15, 0.2) is 0 Å². The maximum Gasteiger partial charge on any atom is 0.326 e. The molecule has 1 aliphatic heterocycles. The third-order valence-electron chi connectivity index (χ3n) is 2.85. The summed E-state index contributed by atoms with van der Waals surface area (Å²) in [5.41, 5.74) is 0.438. The maximum atomic E-state index is 12.1. The van der Waals surface area contributed by atoms with Gasteiger partial charge in [-0.1, -0.05) is 18.2 Å². The highest BCUT2D eigenvalue weighted by Gasteiger charge is 2.39. The zero-order valence-electron chi connectivity index (χ0n) is 9.11. The van der Waals surface area contributed by atoms with E-state index in [-0.39, 0.29) is 18.9 Å². The summed E-state index contributed by atoms with van der Waals surface area (Å²) in [6, 6.07) is 7.55. The number of carboxylic acid groups (broad SMARTS) is 1. The zero-order chi connectivity index (χ0) is 12.4. The maximum absolute atomic E-state index is 12.1. The Morgan fingerprint density at radius 2 is 1.88 bits per heavy atom. The van der Waals surface area contributed by atoms with Gasteiger partial charge in [0.2, 0.25) is 0 Å². The summed E-state index contributed by atoms with van der Waals surface area (Å²) in [7, 11) is 0. The van der Waals surface area contributed by atoms with Gasteiger partial charge in [-0.15, -0.1) is 0 Å². The van der Waals surface area contributed by atoms with Crippen molar-refractivity contribution in [1.82, 2.24) is 4.90 Å². The fraction of sp³-hybridized carbons (Fsp3) is 0.333. The Morgan fingerprint density at radius 1 is 1.24 bits per heavy atom. The summed E-state index contributed by atoms with van der Waals surface area (Å²) in [4.78, 5) is 24.3. The van der Waals surface area contributed by atoms with Gasteiger partial charge in [0.05, 0.1) is 6.10 Å². The minimum Gasteiger partial charge on any atom is -0.480 e. The average molecular weight is 235 g/mol. The van der Waals surface area contributed by atoms with Crippen LogP contribution in [0.4, 0.5) is 0 Å². The molecular formula is C12H13NO4. The van der Waals surface area contributed by atoms with Gasteiger partial charge in [-0.25, -0.2) is 4.79 Å². The molecule has 90 valence electrons. The van der Waals surface area contributed by atoms with E-state index in [9.17, 15) is 14.7 Å². The van der Waals surface area contributed by atoms with E-state index >= 15 is 0 Å². The van der Waals surface area contributed by atoms with Crippen molar-refractivity contribution in [2.75, 3.05) is 6.54 Å². The number of aliphatic hydroxyl groups excluding tert-OH is 1. The lowest BCUT2D eigenvalue weighted by molar-refractivity contribution is -0.141. The molecule has 5 heteroatoms. The van der Waals surface area contributed by atoms with Crippen LogP contribution < -0.4 is 0 Å². The van der Waals surface area contributed by atoms with Crippen molar-refractivity contribution in [2.24, 2.45) is 0 Å². The lowest BCUT2D eigenvalue weighted by atomic mass is 10.1. The predicted octanol–water partition coefficient (Wildman–Crippen LogP) is 0.347. The van der Waals surface area contributed by atoms with E-state index < -0.39 is 18.1 Å². The Kier molecular flexibility index (Phi) is 3.10. The van der Waals surface area contributed by atoms with Crippen molar-refractivity contribution in [2.45, 2.75) is 18.6 Å². The van der Waals surface area contributed by atoms with Crippen LogP contribution in [0.2, 0.25) is 0 Å². The van der Waals surface area contributed by atoms with Crippen LogP contribution in [0.15, 0.2) is 30.3 Å². The first-order chi connectivity index (χ1) is 8.09. The summed E-state index contributed by atoms with van der Waals surface area (Å²) in [6.07, 6.45) is -0.669. The third-order valence-corrected chi connectivity index (χ3v) is 2.85. The molecule has 2 atom stereocenters. The third kappa shape index (κ3) is 2.29. The van der Waals surface area contributed by atoms with Gasteiger partial charge < -0.3 is 15.1 Å². The van der Waals surface area contributed by atoms with Crippen LogP contribution in [0.1, 0.15) is 16.8 Å². The first kappa shape index (κ1) is 11.6. The number of benzene rings is 1. The fourth-order valence-corrected chi connectivity index (χ4v) is 2.02. The molecule has 1 amide bonds. The molecular weight excluding hydrogens is 222 g/mol. The number of carboxylic acids is 1. The minimum absolute atomic E-state index is 0.0741. The van der Waals surface area contributed by atoms with Crippen LogP contribution in [0.5, 0.6) is 0 Å². The molecule has 1 saturated heterocycles. The molecule has 0 radical (unpaired) electrons. The first-order valence-corrected chi connectivity index (χ1v) is 5.36. The minimum atomic E-state index is -1.08. The highest BCUT2D eigenvalue weighted by Crippen LogP contribution is 2.20. The molecule has 0 aliphatic carbocycles. The molecule has 0 saturated carbocycles. The van der Waals surface area contributed by atoms with Gasteiger partial charge in [-0.05, 0) is 12.1 Å². The lowest BCUT2D eigenvalue weighted by Crippen LogP contribution is -2.40. The van der Waals surface area contributed by atoms with Crippen molar-refractivity contribution < 1.29 is 19.8 Å². The molecule has 0 aromatic heterocycles. The Morgan fingerprint density at radius 3 is 2.47 bits per heavy atom. The van der Waals surface area contributed by atoms with E-state index in [1.165, 1.54) is 4.90 Å².